The molecule has 0 aliphatic carbocycles. The lowest BCUT2D eigenvalue weighted by molar-refractivity contribution is -0.127. The van der Waals surface area contributed by atoms with Crippen LogP contribution in [0.5, 0.6) is 0 Å². The van der Waals surface area contributed by atoms with E-state index in [4.69, 9.17) is 0 Å². The highest BCUT2D eigenvalue weighted by atomic mass is 35.5. The highest BCUT2D eigenvalue weighted by molar-refractivity contribution is 7.07. The third-order valence-corrected chi connectivity index (χ3v) is 4.37. The number of thiophene rings is 1. The normalized spacial score (nSPS) is 23.7. The van der Waals surface area contributed by atoms with Gasteiger partial charge in [0.2, 0.25) is 5.91 Å². The Labute approximate surface area is 124 Å². The average molecular weight is 305 g/mol. The molecule has 19 heavy (non-hydrogen) atoms. The third-order valence-electron chi connectivity index (χ3n) is 3.67. The van der Waals surface area contributed by atoms with Crippen molar-refractivity contribution in [3.05, 3.63) is 22.4 Å². The van der Waals surface area contributed by atoms with Crippen molar-refractivity contribution in [2.24, 2.45) is 0 Å². The number of amides is 1. The van der Waals surface area contributed by atoms with E-state index in [0.717, 1.165) is 31.4 Å². The molecular weight excluding hydrogens is 284 g/mol. The van der Waals surface area contributed by atoms with Crippen molar-refractivity contribution >= 4 is 29.7 Å². The predicted molar refractivity (Wildman–Crippen MR) is 79.8 cm³/mol. The van der Waals surface area contributed by atoms with Gasteiger partial charge in [-0.2, -0.15) is 11.3 Å². The summed E-state index contributed by atoms with van der Waals surface area (Å²) in [5.41, 5.74) is 0.444. The number of aliphatic hydroxyl groups excluding tert-OH is 1. The molecule has 1 fully saturated rings. The summed E-state index contributed by atoms with van der Waals surface area (Å²) in [6, 6.07) is 1.88. The molecular formula is C13H21ClN2O2S. The second kappa shape index (κ2) is 7.24. The monoisotopic (exact) mass is 304 g/mol. The van der Waals surface area contributed by atoms with Crippen LogP contribution in [-0.4, -0.2) is 29.6 Å². The molecule has 0 aromatic carbocycles. The molecule has 4 nitrogen and oxygen atoms in total. The first-order valence-corrected chi connectivity index (χ1v) is 7.36. The van der Waals surface area contributed by atoms with Crippen LogP contribution in [0.4, 0.5) is 0 Å². The molecule has 1 amide bonds. The van der Waals surface area contributed by atoms with Crippen molar-refractivity contribution in [2.45, 2.75) is 37.8 Å². The maximum absolute atomic E-state index is 12.2. The second-order valence-electron chi connectivity index (χ2n) is 4.75. The van der Waals surface area contributed by atoms with Crippen molar-refractivity contribution < 1.29 is 9.90 Å². The molecule has 3 N–H and O–H groups in total. The minimum absolute atomic E-state index is 0. The predicted octanol–water partition coefficient (Wildman–Crippen LogP) is 1.85. The van der Waals surface area contributed by atoms with E-state index in [9.17, 15) is 9.90 Å². The van der Waals surface area contributed by atoms with Crippen molar-refractivity contribution in [2.75, 3.05) is 13.1 Å². The summed E-state index contributed by atoms with van der Waals surface area (Å²) in [7, 11) is 0. The highest BCUT2D eigenvalue weighted by Crippen LogP contribution is 2.23. The first kappa shape index (κ1) is 16.4. The molecule has 1 aliphatic heterocycles. The molecule has 1 aliphatic rings. The molecule has 2 atom stereocenters. The molecule has 108 valence electrons. The smallest absolute Gasteiger partial charge is 0.240 e. The Morgan fingerprint density at radius 1 is 1.68 bits per heavy atom. The highest BCUT2D eigenvalue weighted by Gasteiger charge is 2.38. The standard InChI is InChI=1S/C13H20N2O2S.ClH/c1-2-13(5-3-6-15-13)12(17)14-8-11(16)10-4-7-18-9-10;/h4,7,9,11,15-16H,2-3,5-6,8H2,1H3,(H,14,17);1H. The average Bonchev–Trinajstić information content (AvgIpc) is 3.06. The molecule has 1 saturated heterocycles. The van der Waals surface area contributed by atoms with Crippen LogP contribution in [0.2, 0.25) is 0 Å². The van der Waals surface area contributed by atoms with E-state index in [0.29, 0.717) is 0 Å². The van der Waals surface area contributed by atoms with Crippen LogP contribution in [0.3, 0.4) is 0 Å². The van der Waals surface area contributed by atoms with Crippen molar-refractivity contribution in [1.82, 2.24) is 10.6 Å². The first-order chi connectivity index (χ1) is 8.68. The lowest BCUT2D eigenvalue weighted by Crippen LogP contribution is -2.53. The fourth-order valence-electron chi connectivity index (χ4n) is 2.40. The van der Waals surface area contributed by atoms with Gasteiger partial charge >= 0.3 is 0 Å². The third kappa shape index (κ3) is 3.69. The molecule has 2 heterocycles. The van der Waals surface area contributed by atoms with Crippen LogP contribution in [0, 0.1) is 0 Å². The van der Waals surface area contributed by atoms with Gasteiger partial charge < -0.3 is 15.7 Å². The quantitative estimate of drug-likeness (QED) is 0.778. The Bertz CT molecular complexity index is 391. The number of rotatable bonds is 5. The molecule has 6 heteroatoms. The van der Waals surface area contributed by atoms with Gasteiger partial charge in [-0.1, -0.05) is 6.92 Å². The van der Waals surface area contributed by atoms with Gasteiger partial charge in [-0.15, -0.1) is 12.4 Å². The molecule has 2 rings (SSSR count). The van der Waals surface area contributed by atoms with E-state index < -0.39 is 11.6 Å². The topological polar surface area (TPSA) is 61.4 Å². The first-order valence-electron chi connectivity index (χ1n) is 6.41. The van der Waals surface area contributed by atoms with Crippen LogP contribution >= 0.6 is 23.7 Å². The summed E-state index contributed by atoms with van der Waals surface area (Å²) >= 11 is 1.55. The maximum atomic E-state index is 12.2. The lowest BCUT2D eigenvalue weighted by atomic mass is 9.93. The zero-order chi connectivity index (χ0) is 13.0. The van der Waals surface area contributed by atoms with Gasteiger partial charge in [0.15, 0.2) is 0 Å². The summed E-state index contributed by atoms with van der Waals surface area (Å²) in [4.78, 5) is 12.2. The molecule has 1 aromatic heterocycles. The number of nitrogens with one attached hydrogen (secondary N) is 2. The van der Waals surface area contributed by atoms with E-state index in [1.54, 1.807) is 11.3 Å². The number of hydrogen-bond acceptors (Lipinski definition) is 4. The van der Waals surface area contributed by atoms with Gasteiger partial charge in [0.1, 0.15) is 0 Å². The summed E-state index contributed by atoms with van der Waals surface area (Å²) in [5.74, 6) is 0.0109. The number of halogens is 1. The molecule has 2 unspecified atom stereocenters. The number of hydrogen-bond donors (Lipinski definition) is 3. The molecule has 0 bridgehead atoms. The van der Waals surface area contributed by atoms with E-state index in [-0.39, 0.29) is 24.9 Å². The zero-order valence-corrected chi connectivity index (χ0v) is 12.6. The van der Waals surface area contributed by atoms with Crippen molar-refractivity contribution in [1.29, 1.82) is 0 Å². The van der Waals surface area contributed by atoms with Gasteiger partial charge in [-0.25, -0.2) is 0 Å². The van der Waals surface area contributed by atoms with E-state index >= 15 is 0 Å². The zero-order valence-electron chi connectivity index (χ0n) is 11.0. The SMILES string of the molecule is CCC1(C(=O)NCC(O)c2ccsc2)CCCN1.Cl. The number of carbonyl (C=O) groups excluding carboxylic acids is 1. The second-order valence-corrected chi connectivity index (χ2v) is 5.53. The Kier molecular flexibility index (Phi) is 6.26. The fourth-order valence-corrected chi connectivity index (χ4v) is 3.11. The Morgan fingerprint density at radius 3 is 3.00 bits per heavy atom. The Hall–Kier alpha value is -0.620. The summed E-state index contributed by atoms with van der Waals surface area (Å²) in [6.45, 7) is 3.19. The van der Waals surface area contributed by atoms with Gasteiger partial charge in [0.25, 0.3) is 0 Å². The van der Waals surface area contributed by atoms with Crippen LogP contribution in [-0.2, 0) is 4.79 Å². The lowest BCUT2D eigenvalue weighted by Gasteiger charge is -2.27. The van der Waals surface area contributed by atoms with E-state index in [1.165, 1.54) is 0 Å². The summed E-state index contributed by atoms with van der Waals surface area (Å²) < 4.78 is 0. The molecule has 0 spiro atoms. The largest absolute Gasteiger partial charge is 0.387 e. The minimum Gasteiger partial charge on any atom is -0.387 e. The molecule has 1 aromatic rings. The van der Waals surface area contributed by atoms with Gasteiger partial charge in [0.05, 0.1) is 11.6 Å². The summed E-state index contributed by atoms with van der Waals surface area (Å²) in [6.07, 6.45) is 2.08. The van der Waals surface area contributed by atoms with Gasteiger partial charge in [-0.05, 0) is 48.2 Å². The van der Waals surface area contributed by atoms with Crippen molar-refractivity contribution in [3.8, 4) is 0 Å². The van der Waals surface area contributed by atoms with Gasteiger partial charge in [-0.3, -0.25) is 4.79 Å². The Morgan fingerprint density at radius 2 is 2.47 bits per heavy atom. The van der Waals surface area contributed by atoms with Crippen LogP contribution in [0.15, 0.2) is 16.8 Å². The van der Waals surface area contributed by atoms with Crippen LogP contribution in [0.25, 0.3) is 0 Å². The maximum Gasteiger partial charge on any atom is 0.240 e. The molecule has 0 saturated carbocycles. The molecule has 0 radical (unpaired) electrons. The van der Waals surface area contributed by atoms with Crippen LogP contribution in [0.1, 0.15) is 37.9 Å². The van der Waals surface area contributed by atoms with Crippen molar-refractivity contribution in [3.63, 3.8) is 0 Å². The minimum atomic E-state index is -0.615. The van der Waals surface area contributed by atoms with Crippen LogP contribution < -0.4 is 10.6 Å². The van der Waals surface area contributed by atoms with E-state index in [1.807, 2.05) is 23.8 Å². The number of carbonyl (C=O) groups is 1. The van der Waals surface area contributed by atoms with Gasteiger partial charge in [0, 0.05) is 6.54 Å². The number of aliphatic hydroxyl groups is 1. The van der Waals surface area contributed by atoms with E-state index in [2.05, 4.69) is 10.6 Å². The summed E-state index contributed by atoms with van der Waals surface area (Å²) in [5, 5.41) is 19.9. The Balaban J connectivity index is 0.00000180. The fraction of sp³-hybridized carbons (Fsp3) is 0.615.